The summed E-state index contributed by atoms with van der Waals surface area (Å²) in [5.41, 5.74) is 3.09. The quantitative estimate of drug-likeness (QED) is 0.176. The number of nitrogens with one attached hydrogen (secondary N) is 1. The summed E-state index contributed by atoms with van der Waals surface area (Å²) in [6, 6.07) is 26.5. The average Bonchev–Trinajstić information content (AvgIpc) is 3.15. The number of hydrogen-bond acceptors (Lipinski definition) is 7. The van der Waals surface area contributed by atoms with E-state index in [0.29, 0.717) is 23.1 Å². The Hall–Kier alpha value is -4.85. The normalized spacial score (nSPS) is 11.1. The topological polar surface area (TPSA) is 93.8 Å². The van der Waals surface area contributed by atoms with E-state index < -0.39 is 0 Å². The molecule has 2 heterocycles. The van der Waals surface area contributed by atoms with Crippen molar-refractivity contribution in [2.24, 2.45) is 12.2 Å². The number of pyridine rings is 1. The van der Waals surface area contributed by atoms with Gasteiger partial charge in [0.15, 0.2) is 0 Å². The molecule has 0 spiro atoms. The van der Waals surface area contributed by atoms with Crippen LogP contribution in [-0.2, 0) is 7.05 Å². The van der Waals surface area contributed by atoms with Crippen molar-refractivity contribution < 1.29 is 14.7 Å². The van der Waals surface area contributed by atoms with Gasteiger partial charge in [-0.25, -0.2) is 4.98 Å². The maximum Gasteiger partial charge on any atom is 0.208 e. The van der Waals surface area contributed by atoms with E-state index in [1.807, 2.05) is 84.4 Å². The minimum atomic E-state index is 0.490. The number of aromatic nitrogens is 3. The van der Waals surface area contributed by atoms with Gasteiger partial charge < -0.3 is 24.6 Å². The van der Waals surface area contributed by atoms with Crippen molar-refractivity contribution in [3.63, 3.8) is 0 Å². The zero-order chi connectivity index (χ0) is 23.3. The molecule has 0 aliphatic carbocycles. The molecular weight excluding hydrogens is 430 g/mol. The highest BCUT2D eigenvalue weighted by atomic mass is 16.5. The molecular formula is C26H21N5O3. The number of hydrogen-bond donors (Lipinski definition) is 2. The second-order valence-corrected chi connectivity index (χ2v) is 7.48. The second kappa shape index (κ2) is 9.33. The van der Waals surface area contributed by atoms with Gasteiger partial charge in [0.2, 0.25) is 5.95 Å². The molecule has 0 radical (unpaired) electrons. The summed E-state index contributed by atoms with van der Waals surface area (Å²) in [4.78, 5) is 8.82. The Morgan fingerprint density at radius 2 is 1.62 bits per heavy atom. The number of benzene rings is 3. The predicted molar refractivity (Wildman–Crippen MR) is 131 cm³/mol. The molecule has 0 amide bonds. The number of anilines is 2. The van der Waals surface area contributed by atoms with E-state index >= 15 is 0 Å². The predicted octanol–water partition coefficient (Wildman–Crippen LogP) is 6.10. The van der Waals surface area contributed by atoms with E-state index in [2.05, 4.69) is 15.5 Å². The standard InChI is InChI=1S/C26H21N5O3/c1-31-25-11-10-22(34-23-12-13-27-19(15-23)17-28-32)16-24(25)30-26(31)29-18-6-5-9-21(14-18)33-20-7-3-2-4-8-20/h2-17,32H,1H3,(H,29,30)/b28-17-. The van der Waals surface area contributed by atoms with E-state index in [1.165, 1.54) is 6.21 Å². The lowest BCUT2D eigenvalue weighted by atomic mass is 10.3. The molecule has 0 fully saturated rings. The molecule has 168 valence electrons. The summed E-state index contributed by atoms with van der Waals surface area (Å²) >= 11 is 0. The Balaban J connectivity index is 1.36. The fourth-order valence-electron chi connectivity index (χ4n) is 3.50. The van der Waals surface area contributed by atoms with Crippen LogP contribution in [0.4, 0.5) is 11.6 Å². The molecule has 5 aromatic rings. The van der Waals surface area contributed by atoms with Gasteiger partial charge in [0.05, 0.1) is 22.9 Å². The number of para-hydroxylation sites is 1. The molecule has 8 heteroatoms. The van der Waals surface area contributed by atoms with Crippen molar-refractivity contribution in [2.75, 3.05) is 5.32 Å². The van der Waals surface area contributed by atoms with Crippen LogP contribution in [-0.4, -0.2) is 26.0 Å². The minimum absolute atomic E-state index is 0.490. The van der Waals surface area contributed by atoms with Crippen molar-refractivity contribution in [1.29, 1.82) is 0 Å². The summed E-state index contributed by atoms with van der Waals surface area (Å²) in [6.45, 7) is 0. The Morgan fingerprint density at radius 1 is 0.853 bits per heavy atom. The summed E-state index contributed by atoms with van der Waals surface area (Å²) in [5.74, 6) is 3.41. The Morgan fingerprint density at radius 3 is 2.47 bits per heavy atom. The lowest BCUT2D eigenvalue weighted by molar-refractivity contribution is 0.321. The largest absolute Gasteiger partial charge is 0.457 e. The second-order valence-electron chi connectivity index (χ2n) is 7.48. The molecule has 0 saturated carbocycles. The molecule has 0 aliphatic rings. The van der Waals surface area contributed by atoms with Gasteiger partial charge in [-0.15, -0.1) is 0 Å². The van der Waals surface area contributed by atoms with Crippen LogP contribution < -0.4 is 14.8 Å². The third kappa shape index (κ3) is 4.66. The van der Waals surface area contributed by atoms with Crippen LogP contribution in [0, 0.1) is 0 Å². The molecule has 5 rings (SSSR count). The number of rotatable bonds is 7. The SMILES string of the molecule is Cn1c(Nc2cccc(Oc3ccccc3)c2)nc2cc(Oc3ccnc(/C=N\O)c3)ccc21. The fourth-order valence-corrected chi connectivity index (χ4v) is 3.50. The van der Waals surface area contributed by atoms with Crippen LogP contribution in [0.2, 0.25) is 0 Å². The fraction of sp³-hybridized carbons (Fsp3) is 0.0385. The smallest absolute Gasteiger partial charge is 0.208 e. The van der Waals surface area contributed by atoms with Crippen molar-refractivity contribution in [3.05, 3.63) is 96.8 Å². The summed E-state index contributed by atoms with van der Waals surface area (Å²) in [7, 11) is 1.95. The minimum Gasteiger partial charge on any atom is -0.457 e. The van der Waals surface area contributed by atoms with Crippen molar-refractivity contribution in [3.8, 4) is 23.0 Å². The molecule has 0 atom stereocenters. The third-order valence-electron chi connectivity index (χ3n) is 5.10. The van der Waals surface area contributed by atoms with Crippen molar-refractivity contribution >= 4 is 28.9 Å². The summed E-state index contributed by atoms with van der Waals surface area (Å²) < 4.78 is 13.9. The number of ether oxygens (including phenoxy) is 2. The lowest BCUT2D eigenvalue weighted by Gasteiger charge is -2.09. The first-order chi connectivity index (χ1) is 16.7. The van der Waals surface area contributed by atoms with E-state index in [-0.39, 0.29) is 0 Å². The van der Waals surface area contributed by atoms with Gasteiger partial charge in [-0.05, 0) is 42.5 Å². The average molecular weight is 451 g/mol. The van der Waals surface area contributed by atoms with Gasteiger partial charge in [0.1, 0.15) is 23.0 Å². The summed E-state index contributed by atoms with van der Waals surface area (Å²) in [5, 5.41) is 15.1. The van der Waals surface area contributed by atoms with Gasteiger partial charge in [0, 0.05) is 37.1 Å². The monoisotopic (exact) mass is 451 g/mol. The van der Waals surface area contributed by atoms with Gasteiger partial charge in [-0.2, -0.15) is 0 Å². The first-order valence-corrected chi connectivity index (χ1v) is 10.6. The molecule has 0 saturated heterocycles. The Labute approximate surface area is 195 Å². The highest BCUT2D eigenvalue weighted by molar-refractivity contribution is 5.81. The highest BCUT2D eigenvalue weighted by Crippen LogP contribution is 2.29. The zero-order valence-corrected chi connectivity index (χ0v) is 18.3. The maximum atomic E-state index is 8.70. The molecule has 0 aliphatic heterocycles. The van der Waals surface area contributed by atoms with Gasteiger partial charge >= 0.3 is 0 Å². The molecule has 0 unspecified atom stereocenters. The molecule has 3 aromatic carbocycles. The number of fused-ring (bicyclic) bond motifs is 1. The number of imidazole rings is 1. The van der Waals surface area contributed by atoms with E-state index in [0.717, 1.165) is 28.2 Å². The van der Waals surface area contributed by atoms with Gasteiger partial charge in [0.25, 0.3) is 0 Å². The number of oxime groups is 1. The number of nitrogens with zero attached hydrogens (tertiary/aromatic N) is 4. The molecule has 0 bridgehead atoms. The maximum absolute atomic E-state index is 8.70. The van der Waals surface area contributed by atoms with Crippen LogP contribution in [0.15, 0.2) is 96.3 Å². The van der Waals surface area contributed by atoms with Crippen LogP contribution in [0.25, 0.3) is 11.0 Å². The molecule has 34 heavy (non-hydrogen) atoms. The van der Waals surface area contributed by atoms with Crippen LogP contribution in [0.3, 0.4) is 0 Å². The van der Waals surface area contributed by atoms with E-state index in [4.69, 9.17) is 19.7 Å². The Kier molecular flexibility index (Phi) is 5.77. The zero-order valence-electron chi connectivity index (χ0n) is 18.3. The molecule has 8 nitrogen and oxygen atoms in total. The van der Waals surface area contributed by atoms with Crippen LogP contribution >= 0.6 is 0 Å². The van der Waals surface area contributed by atoms with Crippen LogP contribution in [0.5, 0.6) is 23.0 Å². The molecule has 2 N–H and O–H groups in total. The van der Waals surface area contributed by atoms with Crippen LogP contribution in [0.1, 0.15) is 5.69 Å². The summed E-state index contributed by atoms with van der Waals surface area (Å²) in [6.07, 6.45) is 2.83. The first kappa shape index (κ1) is 21.0. The van der Waals surface area contributed by atoms with Crippen molar-refractivity contribution in [1.82, 2.24) is 14.5 Å². The van der Waals surface area contributed by atoms with E-state index in [9.17, 15) is 0 Å². The van der Waals surface area contributed by atoms with Gasteiger partial charge in [-0.1, -0.05) is 29.4 Å². The van der Waals surface area contributed by atoms with Gasteiger partial charge in [-0.3, -0.25) is 4.98 Å². The third-order valence-corrected chi connectivity index (χ3v) is 5.10. The van der Waals surface area contributed by atoms with E-state index in [1.54, 1.807) is 18.3 Å². The molecule has 2 aromatic heterocycles. The Bertz CT molecular complexity index is 1460. The lowest BCUT2D eigenvalue weighted by Crippen LogP contribution is -1.99. The highest BCUT2D eigenvalue weighted by Gasteiger charge is 2.10. The number of aryl methyl sites for hydroxylation is 1. The van der Waals surface area contributed by atoms with Crippen molar-refractivity contribution in [2.45, 2.75) is 0 Å². The first-order valence-electron chi connectivity index (χ1n) is 10.6.